The van der Waals surface area contributed by atoms with Crippen molar-refractivity contribution >= 4 is 45.4 Å². The fourth-order valence-electron chi connectivity index (χ4n) is 2.73. The molecule has 0 amide bonds. The third-order valence-electron chi connectivity index (χ3n) is 4.15. The largest absolute Gasteiger partial charge is 0.416 e. The average molecular weight is 407 g/mol. The van der Waals surface area contributed by atoms with Gasteiger partial charge in [0.25, 0.3) is 10.9 Å². The molecule has 0 saturated carbocycles. The second kappa shape index (κ2) is 6.38. The Kier molecular flexibility index (Phi) is 4.11. The molecule has 10 heteroatoms. The first-order valence-electron chi connectivity index (χ1n) is 7.91. The number of rotatable bonds is 4. The van der Waals surface area contributed by atoms with Gasteiger partial charge in [-0.1, -0.05) is 11.6 Å². The molecule has 28 heavy (non-hydrogen) atoms. The lowest BCUT2D eigenvalue weighted by molar-refractivity contribution is -0.137. The zero-order chi connectivity index (χ0) is 20.1. The standard InChI is InChI=1S/C18H10ClF3N4O2/c19-9-5-11-12(7-24-17(11)23-6-9)26-14-13(15(27)16(14)28)25-10-3-1-8(2-4-10)18(20,21)22/h1-7,25-26H,(H,23,24). The topological polar surface area (TPSA) is 86.9 Å². The van der Waals surface area contributed by atoms with Crippen molar-refractivity contribution < 1.29 is 13.2 Å². The number of hydrogen-bond donors (Lipinski definition) is 3. The summed E-state index contributed by atoms with van der Waals surface area (Å²) in [5, 5.41) is 6.54. The van der Waals surface area contributed by atoms with E-state index in [0.29, 0.717) is 21.7 Å². The summed E-state index contributed by atoms with van der Waals surface area (Å²) in [6, 6.07) is 5.76. The normalized spacial score (nSPS) is 11.9. The van der Waals surface area contributed by atoms with Gasteiger partial charge in [-0.15, -0.1) is 0 Å². The molecular weight excluding hydrogens is 397 g/mol. The fraction of sp³-hybridized carbons (Fsp3) is 0.0556. The quantitative estimate of drug-likeness (QED) is 0.439. The van der Waals surface area contributed by atoms with Crippen LogP contribution in [0.2, 0.25) is 5.02 Å². The van der Waals surface area contributed by atoms with Crippen LogP contribution in [-0.4, -0.2) is 9.97 Å². The first-order chi connectivity index (χ1) is 13.2. The van der Waals surface area contributed by atoms with Crippen LogP contribution in [0.4, 0.5) is 35.9 Å². The van der Waals surface area contributed by atoms with Crippen molar-refractivity contribution in [1.29, 1.82) is 0 Å². The highest BCUT2D eigenvalue weighted by Gasteiger charge is 2.30. The molecule has 2 aromatic heterocycles. The summed E-state index contributed by atoms with van der Waals surface area (Å²) >= 11 is 5.93. The van der Waals surface area contributed by atoms with Crippen molar-refractivity contribution in [3.8, 4) is 0 Å². The minimum atomic E-state index is -4.46. The second-order valence-corrected chi connectivity index (χ2v) is 6.42. The number of anilines is 4. The van der Waals surface area contributed by atoms with Gasteiger partial charge in [0, 0.05) is 23.5 Å². The van der Waals surface area contributed by atoms with Gasteiger partial charge in [0.15, 0.2) is 0 Å². The van der Waals surface area contributed by atoms with Crippen LogP contribution in [0.3, 0.4) is 0 Å². The van der Waals surface area contributed by atoms with E-state index in [4.69, 9.17) is 11.6 Å². The van der Waals surface area contributed by atoms with Crippen LogP contribution in [0.5, 0.6) is 0 Å². The molecule has 0 unspecified atom stereocenters. The van der Waals surface area contributed by atoms with E-state index in [2.05, 4.69) is 20.6 Å². The second-order valence-electron chi connectivity index (χ2n) is 5.99. The molecule has 0 aliphatic rings. The number of fused-ring (bicyclic) bond motifs is 1. The maximum Gasteiger partial charge on any atom is 0.416 e. The third-order valence-corrected chi connectivity index (χ3v) is 4.36. The van der Waals surface area contributed by atoms with Crippen LogP contribution >= 0.6 is 11.6 Å². The highest BCUT2D eigenvalue weighted by Crippen LogP contribution is 2.32. The van der Waals surface area contributed by atoms with Gasteiger partial charge in [0.2, 0.25) is 0 Å². The summed E-state index contributed by atoms with van der Waals surface area (Å²) in [6.45, 7) is 0. The molecule has 0 aliphatic carbocycles. The van der Waals surface area contributed by atoms with Gasteiger partial charge in [-0.3, -0.25) is 9.59 Å². The van der Waals surface area contributed by atoms with Gasteiger partial charge in [0.05, 0.1) is 16.3 Å². The molecule has 0 aliphatic heterocycles. The molecule has 142 valence electrons. The minimum absolute atomic E-state index is 0.00535. The number of nitrogens with one attached hydrogen (secondary N) is 3. The third kappa shape index (κ3) is 3.09. The number of halogens is 4. The molecule has 0 saturated heterocycles. The number of H-pyrrole nitrogens is 1. The Bertz CT molecular complexity index is 1260. The number of aromatic amines is 1. The van der Waals surface area contributed by atoms with Gasteiger partial charge in [-0.2, -0.15) is 13.2 Å². The van der Waals surface area contributed by atoms with Crippen molar-refractivity contribution in [2.45, 2.75) is 6.18 Å². The maximum atomic E-state index is 12.6. The van der Waals surface area contributed by atoms with Gasteiger partial charge in [0.1, 0.15) is 17.0 Å². The molecule has 6 nitrogen and oxygen atoms in total. The van der Waals surface area contributed by atoms with E-state index in [1.807, 2.05) is 0 Å². The molecule has 0 bridgehead atoms. The lowest BCUT2D eigenvalue weighted by Gasteiger charge is -2.15. The molecule has 3 N–H and O–H groups in total. The van der Waals surface area contributed by atoms with E-state index < -0.39 is 22.6 Å². The molecule has 0 fully saturated rings. The van der Waals surface area contributed by atoms with Crippen molar-refractivity contribution in [3.63, 3.8) is 0 Å². The van der Waals surface area contributed by atoms with E-state index in [9.17, 15) is 22.8 Å². The van der Waals surface area contributed by atoms with E-state index in [0.717, 1.165) is 12.1 Å². The molecule has 0 radical (unpaired) electrons. The first-order valence-corrected chi connectivity index (χ1v) is 8.29. The van der Waals surface area contributed by atoms with Crippen LogP contribution in [-0.2, 0) is 6.18 Å². The minimum Gasteiger partial charge on any atom is -0.350 e. The van der Waals surface area contributed by atoms with Crippen molar-refractivity contribution in [3.05, 3.63) is 73.8 Å². The Morgan fingerprint density at radius 1 is 1.00 bits per heavy atom. The van der Waals surface area contributed by atoms with Gasteiger partial charge in [-0.05, 0) is 30.3 Å². The highest BCUT2D eigenvalue weighted by atomic mass is 35.5. The summed E-state index contributed by atoms with van der Waals surface area (Å²) in [6.07, 6.45) is -1.44. The van der Waals surface area contributed by atoms with Crippen LogP contribution in [0, 0.1) is 0 Å². The van der Waals surface area contributed by atoms with E-state index in [-0.39, 0.29) is 17.1 Å². The summed E-state index contributed by atoms with van der Waals surface area (Å²) in [5.74, 6) is 0. The van der Waals surface area contributed by atoms with E-state index >= 15 is 0 Å². The van der Waals surface area contributed by atoms with E-state index in [1.165, 1.54) is 18.3 Å². The number of aromatic nitrogens is 2. The maximum absolute atomic E-state index is 12.6. The van der Waals surface area contributed by atoms with Gasteiger partial charge < -0.3 is 15.6 Å². The Morgan fingerprint density at radius 2 is 1.64 bits per heavy atom. The smallest absolute Gasteiger partial charge is 0.350 e. The van der Waals surface area contributed by atoms with Gasteiger partial charge in [-0.25, -0.2) is 4.98 Å². The Labute approximate surface area is 159 Å². The number of benzene rings is 1. The average Bonchev–Trinajstić information content (AvgIpc) is 3.06. The zero-order valence-corrected chi connectivity index (χ0v) is 14.6. The predicted molar refractivity (Wildman–Crippen MR) is 100 cm³/mol. The van der Waals surface area contributed by atoms with Gasteiger partial charge >= 0.3 is 6.18 Å². The van der Waals surface area contributed by atoms with Crippen LogP contribution in [0.25, 0.3) is 11.0 Å². The lowest BCUT2D eigenvalue weighted by Crippen LogP contribution is -2.35. The van der Waals surface area contributed by atoms with Crippen LogP contribution in [0.1, 0.15) is 5.56 Å². The summed E-state index contributed by atoms with van der Waals surface area (Å²) in [4.78, 5) is 30.9. The predicted octanol–water partition coefficient (Wildman–Crippen LogP) is 4.32. The van der Waals surface area contributed by atoms with Crippen molar-refractivity contribution in [1.82, 2.24) is 9.97 Å². The van der Waals surface area contributed by atoms with Crippen molar-refractivity contribution in [2.75, 3.05) is 10.6 Å². The molecule has 4 aromatic rings. The van der Waals surface area contributed by atoms with Crippen molar-refractivity contribution in [2.24, 2.45) is 0 Å². The number of hydrogen-bond acceptors (Lipinski definition) is 5. The summed E-state index contributed by atoms with van der Waals surface area (Å²) < 4.78 is 37.9. The zero-order valence-electron chi connectivity index (χ0n) is 13.8. The molecule has 0 spiro atoms. The number of alkyl halides is 3. The number of nitrogens with zero attached hydrogens (tertiary/aromatic N) is 1. The molecule has 2 aromatic carbocycles. The van der Waals surface area contributed by atoms with E-state index in [1.54, 1.807) is 12.3 Å². The lowest BCUT2D eigenvalue weighted by atomic mass is 10.1. The van der Waals surface area contributed by atoms with Crippen LogP contribution in [0.15, 0.2) is 52.3 Å². The first kappa shape index (κ1) is 18.1. The Morgan fingerprint density at radius 3 is 2.29 bits per heavy atom. The monoisotopic (exact) mass is 406 g/mol. The Hall–Kier alpha value is -3.33. The molecular formula is C18H10ClF3N4O2. The molecule has 2 heterocycles. The fourth-order valence-corrected chi connectivity index (χ4v) is 2.89. The Balaban J connectivity index is 1.62. The highest BCUT2D eigenvalue weighted by molar-refractivity contribution is 6.31. The molecule has 0 atom stereocenters. The molecule has 4 rings (SSSR count). The summed E-state index contributed by atoms with van der Waals surface area (Å²) in [7, 11) is 0. The summed E-state index contributed by atoms with van der Waals surface area (Å²) in [5.41, 5.74) is -1.09. The SMILES string of the molecule is O=c1c(Nc2ccc(C(F)(F)F)cc2)c(Nc2c[nH]c3ncc(Cl)cc23)c1=O. The van der Waals surface area contributed by atoms with Crippen LogP contribution < -0.4 is 21.5 Å². The number of pyridine rings is 1.